The monoisotopic (exact) mass is 395 g/mol. The van der Waals surface area contributed by atoms with Gasteiger partial charge in [0.2, 0.25) is 0 Å². The molecule has 0 aliphatic heterocycles. The number of H-pyrrole nitrogens is 1. The quantitative estimate of drug-likeness (QED) is 0.695. The minimum Gasteiger partial charge on any atom is -0.312 e. The number of nitriles is 1. The van der Waals surface area contributed by atoms with E-state index >= 15 is 0 Å². The van der Waals surface area contributed by atoms with Gasteiger partial charge in [0.1, 0.15) is 0 Å². The molecule has 2 aromatic heterocycles. The van der Waals surface area contributed by atoms with E-state index in [2.05, 4.69) is 21.5 Å². The van der Waals surface area contributed by atoms with Crippen LogP contribution in [0.25, 0.3) is 5.82 Å². The van der Waals surface area contributed by atoms with E-state index in [1.165, 1.54) is 0 Å². The number of pyridine rings is 1. The van der Waals surface area contributed by atoms with Crippen molar-refractivity contribution in [1.29, 1.82) is 5.26 Å². The highest BCUT2D eigenvalue weighted by atomic mass is 35.5. The van der Waals surface area contributed by atoms with Crippen LogP contribution in [-0.2, 0) is 19.4 Å². The summed E-state index contributed by atoms with van der Waals surface area (Å²) in [5, 5.41) is 15.9. The predicted octanol–water partition coefficient (Wildman–Crippen LogP) is 2.75. The average Bonchev–Trinajstić information content (AvgIpc) is 3.05. The number of nitrogens with zero attached hydrogens (tertiary/aromatic N) is 3. The molecule has 1 aliphatic rings. The second kappa shape index (κ2) is 8.87. The second-order valence-electron chi connectivity index (χ2n) is 6.91. The zero-order valence-electron chi connectivity index (χ0n) is 15.4. The van der Waals surface area contributed by atoms with Crippen molar-refractivity contribution < 1.29 is 0 Å². The van der Waals surface area contributed by atoms with E-state index in [4.69, 9.17) is 0 Å². The maximum atomic E-state index is 12.8. The lowest BCUT2D eigenvalue weighted by Crippen LogP contribution is -2.29. The summed E-state index contributed by atoms with van der Waals surface area (Å²) in [7, 11) is 0. The Bertz CT molecular complexity index is 1030. The molecule has 0 amide bonds. The number of fused-ring (bicyclic) bond motifs is 1. The number of aryl methyl sites for hydroxylation is 1. The number of nitrogens with one attached hydrogen (secondary N) is 2. The molecule has 2 N–H and O–H groups in total. The molecule has 0 radical (unpaired) electrons. The van der Waals surface area contributed by atoms with Gasteiger partial charge in [0.05, 0.1) is 11.6 Å². The Morgan fingerprint density at radius 1 is 1.25 bits per heavy atom. The summed E-state index contributed by atoms with van der Waals surface area (Å²) < 4.78 is 1.55. The lowest BCUT2D eigenvalue weighted by atomic mass is 9.87. The second-order valence-corrected chi connectivity index (χ2v) is 6.91. The first-order valence-corrected chi connectivity index (χ1v) is 9.19. The maximum absolute atomic E-state index is 12.8. The number of rotatable bonds is 5. The minimum absolute atomic E-state index is 0. The summed E-state index contributed by atoms with van der Waals surface area (Å²) in [5.41, 5.74) is 3.62. The van der Waals surface area contributed by atoms with Gasteiger partial charge in [-0.15, -0.1) is 12.4 Å². The third kappa shape index (κ3) is 4.01. The number of benzene rings is 1. The normalized spacial score (nSPS) is 15.3. The van der Waals surface area contributed by atoms with E-state index in [-0.39, 0.29) is 18.0 Å². The number of hydrogen-bond acceptors (Lipinski definition) is 4. The highest BCUT2D eigenvalue weighted by Crippen LogP contribution is 2.22. The van der Waals surface area contributed by atoms with Crippen LogP contribution in [0.5, 0.6) is 0 Å². The van der Waals surface area contributed by atoms with Crippen molar-refractivity contribution in [2.24, 2.45) is 5.92 Å². The van der Waals surface area contributed by atoms with Crippen LogP contribution in [0.15, 0.2) is 53.5 Å². The zero-order chi connectivity index (χ0) is 18.6. The van der Waals surface area contributed by atoms with Gasteiger partial charge < -0.3 is 5.32 Å². The molecule has 144 valence electrons. The van der Waals surface area contributed by atoms with Gasteiger partial charge in [-0.25, -0.2) is 9.67 Å². The molecule has 1 unspecified atom stereocenters. The van der Waals surface area contributed by atoms with Gasteiger partial charge in [0.15, 0.2) is 5.82 Å². The van der Waals surface area contributed by atoms with Crippen LogP contribution in [0.1, 0.15) is 28.8 Å². The molecule has 1 aromatic carbocycles. The molecule has 3 aromatic rings. The van der Waals surface area contributed by atoms with Gasteiger partial charge in [-0.2, -0.15) is 5.26 Å². The highest BCUT2D eigenvalue weighted by Gasteiger charge is 2.24. The van der Waals surface area contributed by atoms with Crippen molar-refractivity contribution in [2.75, 3.05) is 6.54 Å². The summed E-state index contributed by atoms with van der Waals surface area (Å²) in [5.74, 6) is 1.03. The highest BCUT2D eigenvalue weighted by molar-refractivity contribution is 5.85. The van der Waals surface area contributed by atoms with Crippen molar-refractivity contribution >= 4 is 12.4 Å². The standard InChI is InChI=1S/C21H21N5O.ClH/c22-12-16-5-1-2-6-17(16)14-23-13-15-8-9-19-18(11-15)21(27)26(25-19)20-7-3-4-10-24-20;/h1-7,10,15,23,25H,8-9,11,13-14H2;1H. The van der Waals surface area contributed by atoms with Crippen LogP contribution < -0.4 is 10.9 Å². The Morgan fingerprint density at radius 3 is 2.86 bits per heavy atom. The minimum atomic E-state index is 0. The smallest absolute Gasteiger partial charge is 0.276 e. The number of halogens is 1. The first-order chi connectivity index (χ1) is 13.3. The number of hydrogen-bond donors (Lipinski definition) is 2. The first kappa shape index (κ1) is 19.9. The zero-order valence-corrected chi connectivity index (χ0v) is 16.2. The third-order valence-electron chi connectivity index (χ3n) is 5.13. The Morgan fingerprint density at radius 2 is 2.07 bits per heavy atom. The van der Waals surface area contributed by atoms with Crippen molar-refractivity contribution in [1.82, 2.24) is 20.1 Å². The lowest BCUT2D eigenvalue weighted by molar-refractivity contribution is 0.421. The fourth-order valence-corrected chi connectivity index (χ4v) is 3.69. The molecule has 2 heterocycles. The largest absolute Gasteiger partial charge is 0.312 e. The van der Waals surface area contributed by atoms with Gasteiger partial charge in [-0.3, -0.25) is 9.89 Å². The lowest BCUT2D eigenvalue weighted by Gasteiger charge is -2.21. The molecule has 0 spiro atoms. The molecule has 1 atom stereocenters. The molecule has 0 saturated heterocycles. The summed E-state index contributed by atoms with van der Waals surface area (Å²) in [4.78, 5) is 17.0. The predicted molar refractivity (Wildman–Crippen MR) is 110 cm³/mol. The Labute approximate surface area is 169 Å². The molecule has 7 heteroatoms. The molecule has 0 fully saturated rings. The summed E-state index contributed by atoms with van der Waals surface area (Å²) in [6.45, 7) is 1.49. The Hall–Kier alpha value is -2.88. The maximum Gasteiger partial charge on any atom is 0.276 e. The van der Waals surface area contributed by atoms with Crippen LogP contribution in [0, 0.1) is 17.2 Å². The van der Waals surface area contributed by atoms with Gasteiger partial charge >= 0.3 is 0 Å². The van der Waals surface area contributed by atoms with Crippen LogP contribution in [-0.4, -0.2) is 21.3 Å². The molecule has 0 saturated carbocycles. The van der Waals surface area contributed by atoms with E-state index in [9.17, 15) is 10.1 Å². The van der Waals surface area contributed by atoms with Crippen molar-refractivity contribution in [2.45, 2.75) is 25.8 Å². The van der Waals surface area contributed by atoms with E-state index in [1.54, 1.807) is 10.9 Å². The topological polar surface area (TPSA) is 86.5 Å². The van der Waals surface area contributed by atoms with Crippen molar-refractivity contribution in [3.63, 3.8) is 0 Å². The van der Waals surface area contributed by atoms with E-state index in [0.29, 0.717) is 23.8 Å². The fraction of sp³-hybridized carbons (Fsp3) is 0.286. The van der Waals surface area contributed by atoms with Gasteiger partial charge in [0, 0.05) is 24.0 Å². The molecule has 4 rings (SSSR count). The number of aromatic nitrogens is 3. The van der Waals surface area contributed by atoms with E-state index < -0.39 is 0 Å². The molecule has 0 bridgehead atoms. The van der Waals surface area contributed by atoms with Gasteiger partial charge in [0.25, 0.3) is 5.56 Å². The van der Waals surface area contributed by atoms with Crippen molar-refractivity contribution in [3.05, 3.63) is 81.4 Å². The average molecular weight is 396 g/mol. The van der Waals surface area contributed by atoms with Crippen LogP contribution in [0.4, 0.5) is 0 Å². The molecular formula is C21H22ClN5O. The molecule has 1 aliphatic carbocycles. The van der Waals surface area contributed by atoms with E-state index in [1.807, 2.05) is 42.5 Å². The summed E-state index contributed by atoms with van der Waals surface area (Å²) in [6, 6.07) is 15.4. The first-order valence-electron chi connectivity index (χ1n) is 9.19. The van der Waals surface area contributed by atoms with Crippen LogP contribution >= 0.6 is 12.4 Å². The number of aromatic amines is 1. The van der Waals surface area contributed by atoms with Gasteiger partial charge in [-0.1, -0.05) is 24.3 Å². The summed E-state index contributed by atoms with van der Waals surface area (Å²) >= 11 is 0. The Kier molecular flexibility index (Phi) is 6.30. The molecule has 6 nitrogen and oxygen atoms in total. The van der Waals surface area contributed by atoms with Gasteiger partial charge in [-0.05, 0) is 55.5 Å². The third-order valence-corrected chi connectivity index (χ3v) is 5.13. The molecular weight excluding hydrogens is 374 g/mol. The van der Waals surface area contributed by atoms with E-state index in [0.717, 1.165) is 42.6 Å². The SMILES string of the molecule is Cl.N#Cc1ccccc1CNCC1CCc2[nH]n(-c3ccccn3)c(=O)c2C1. The van der Waals surface area contributed by atoms with Crippen molar-refractivity contribution in [3.8, 4) is 11.9 Å². The Balaban J connectivity index is 0.00000225. The molecule has 28 heavy (non-hydrogen) atoms. The van der Waals surface area contributed by atoms with Crippen LogP contribution in [0.2, 0.25) is 0 Å². The fourth-order valence-electron chi connectivity index (χ4n) is 3.69. The van der Waals surface area contributed by atoms with Crippen LogP contribution in [0.3, 0.4) is 0 Å². The summed E-state index contributed by atoms with van der Waals surface area (Å²) in [6.07, 6.45) is 4.35.